The number of aromatic nitrogens is 3. The van der Waals surface area contributed by atoms with Crippen LogP contribution < -0.4 is 5.32 Å². The summed E-state index contributed by atoms with van der Waals surface area (Å²) >= 11 is 1.65. The molecule has 3 rings (SSSR count). The summed E-state index contributed by atoms with van der Waals surface area (Å²) in [5, 5.41) is 10.6. The predicted molar refractivity (Wildman–Crippen MR) is 82.5 cm³/mol. The molecule has 0 saturated heterocycles. The maximum atomic E-state index is 5.41. The molecule has 2 aromatic rings. The van der Waals surface area contributed by atoms with Crippen LogP contribution in [0.1, 0.15) is 48.1 Å². The van der Waals surface area contributed by atoms with Crippen LogP contribution in [0.5, 0.6) is 0 Å². The van der Waals surface area contributed by atoms with Gasteiger partial charge in [0.25, 0.3) is 0 Å². The van der Waals surface area contributed by atoms with Crippen molar-refractivity contribution in [3.63, 3.8) is 0 Å². The van der Waals surface area contributed by atoms with Gasteiger partial charge >= 0.3 is 0 Å². The van der Waals surface area contributed by atoms with Crippen molar-refractivity contribution in [3.8, 4) is 0 Å². The van der Waals surface area contributed by atoms with E-state index < -0.39 is 0 Å². The van der Waals surface area contributed by atoms with Gasteiger partial charge in [0.1, 0.15) is 5.01 Å². The van der Waals surface area contributed by atoms with Crippen molar-refractivity contribution < 1.29 is 4.52 Å². The topological polar surface area (TPSA) is 63.8 Å². The molecule has 0 aromatic carbocycles. The minimum absolute atomic E-state index is 0.447. The molecule has 1 aliphatic carbocycles. The van der Waals surface area contributed by atoms with Crippen LogP contribution in [-0.2, 0) is 12.8 Å². The van der Waals surface area contributed by atoms with Crippen LogP contribution in [-0.4, -0.2) is 28.2 Å². The van der Waals surface area contributed by atoms with Crippen LogP contribution in [0.4, 0.5) is 0 Å². The van der Waals surface area contributed by atoms with Gasteiger partial charge < -0.3 is 9.84 Å². The first-order valence-electron chi connectivity index (χ1n) is 7.64. The SMILES string of the molecule is CNC(Cc1nc(Cc2nc(C)cs2)no1)C1CCCC1. The highest BCUT2D eigenvalue weighted by Crippen LogP contribution is 2.29. The molecule has 2 heterocycles. The van der Waals surface area contributed by atoms with Gasteiger partial charge in [-0.3, -0.25) is 0 Å². The summed E-state index contributed by atoms with van der Waals surface area (Å²) in [5.74, 6) is 2.22. The molecule has 0 aliphatic heterocycles. The van der Waals surface area contributed by atoms with E-state index in [1.165, 1.54) is 25.7 Å². The molecular weight excluding hydrogens is 284 g/mol. The van der Waals surface area contributed by atoms with Crippen LogP contribution in [0.15, 0.2) is 9.90 Å². The number of likely N-dealkylation sites (N-methyl/N-ethyl adjacent to an activating group) is 1. The van der Waals surface area contributed by atoms with Gasteiger partial charge in [-0.05, 0) is 32.7 Å². The van der Waals surface area contributed by atoms with Crippen molar-refractivity contribution >= 4 is 11.3 Å². The Morgan fingerprint density at radius 2 is 2.19 bits per heavy atom. The molecule has 0 radical (unpaired) electrons. The summed E-state index contributed by atoms with van der Waals surface area (Å²) in [5.41, 5.74) is 1.05. The Labute approximate surface area is 129 Å². The molecule has 1 saturated carbocycles. The van der Waals surface area contributed by atoms with E-state index in [1.54, 1.807) is 11.3 Å². The molecule has 0 bridgehead atoms. The van der Waals surface area contributed by atoms with Crippen LogP contribution in [0.25, 0.3) is 0 Å². The molecular formula is C15H22N4OS. The van der Waals surface area contributed by atoms with E-state index in [4.69, 9.17) is 4.52 Å². The number of aryl methyl sites for hydroxylation is 1. The number of rotatable bonds is 6. The van der Waals surface area contributed by atoms with E-state index in [0.29, 0.717) is 12.5 Å². The summed E-state index contributed by atoms with van der Waals surface area (Å²) in [4.78, 5) is 8.96. The van der Waals surface area contributed by atoms with Crippen LogP contribution in [0, 0.1) is 12.8 Å². The molecule has 114 valence electrons. The highest BCUT2D eigenvalue weighted by Gasteiger charge is 2.25. The molecule has 1 fully saturated rings. The molecule has 1 N–H and O–H groups in total. The molecule has 1 aliphatic rings. The summed E-state index contributed by atoms with van der Waals surface area (Å²) in [6.45, 7) is 2.00. The Morgan fingerprint density at radius 3 is 2.86 bits per heavy atom. The average molecular weight is 306 g/mol. The van der Waals surface area contributed by atoms with E-state index in [1.807, 2.05) is 19.4 Å². The average Bonchev–Trinajstić information content (AvgIpc) is 3.19. The van der Waals surface area contributed by atoms with E-state index in [-0.39, 0.29) is 0 Å². The van der Waals surface area contributed by atoms with Crippen molar-refractivity contribution in [3.05, 3.63) is 27.8 Å². The lowest BCUT2D eigenvalue weighted by molar-refractivity contribution is 0.317. The quantitative estimate of drug-likeness (QED) is 0.889. The lowest BCUT2D eigenvalue weighted by atomic mass is 9.95. The summed E-state index contributed by atoms with van der Waals surface area (Å²) in [6.07, 6.45) is 6.80. The van der Waals surface area contributed by atoms with Gasteiger partial charge in [-0.1, -0.05) is 18.0 Å². The second-order valence-corrected chi connectivity index (χ2v) is 6.75. The molecule has 0 spiro atoms. The van der Waals surface area contributed by atoms with Gasteiger partial charge in [0.2, 0.25) is 5.89 Å². The fraction of sp³-hybridized carbons (Fsp3) is 0.667. The van der Waals surface area contributed by atoms with Crippen LogP contribution >= 0.6 is 11.3 Å². The van der Waals surface area contributed by atoms with Crippen LogP contribution in [0.2, 0.25) is 0 Å². The molecule has 2 aromatic heterocycles. The summed E-state index contributed by atoms with van der Waals surface area (Å²) in [7, 11) is 2.03. The number of thiazole rings is 1. The molecule has 21 heavy (non-hydrogen) atoms. The minimum atomic E-state index is 0.447. The maximum absolute atomic E-state index is 5.41. The number of nitrogens with one attached hydrogen (secondary N) is 1. The van der Waals surface area contributed by atoms with Gasteiger partial charge in [-0.15, -0.1) is 11.3 Å². The van der Waals surface area contributed by atoms with E-state index in [0.717, 1.165) is 34.8 Å². The largest absolute Gasteiger partial charge is 0.339 e. The van der Waals surface area contributed by atoms with Crippen molar-refractivity contribution in [1.29, 1.82) is 0 Å². The zero-order valence-corrected chi connectivity index (χ0v) is 13.4. The normalized spacial score (nSPS) is 17.4. The van der Waals surface area contributed by atoms with Gasteiger partial charge in [-0.25, -0.2) is 4.98 Å². The molecule has 1 atom stereocenters. The summed E-state index contributed by atoms with van der Waals surface area (Å²) < 4.78 is 5.41. The number of hydrogen-bond donors (Lipinski definition) is 1. The van der Waals surface area contributed by atoms with Crippen molar-refractivity contribution in [1.82, 2.24) is 20.4 Å². The van der Waals surface area contributed by atoms with E-state index >= 15 is 0 Å². The van der Waals surface area contributed by atoms with Gasteiger partial charge in [0, 0.05) is 23.5 Å². The molecule has 0 amide bonds. The highest BCUT2D eigenvalue weighted by molar-refractivity contribution is 7.09. The van der Waals surface area contributed by atoms with Crippen LogP contribution in [0.3, 0.4) is 0 Å². The Morgan fingerprint density at radius 1 is 1.38 bits per heavy atom. The monoisotopic (exact) mass is 306 g/mol. The summed E-state index contributed by atoms with van der Waals surface area (Å²) in [6, 6.07) is 0.447. The maximum Gasteiger partial charge on any atom is 0.228 e. The van der Waals surface area contributed by atoms with Gasteiger partial charge in [0.05, 0.1) is 6.42 Å². The Balaban J connectivity index is 1.61. The van der Waals surface area contributed by atoms with Gasteiger partial charge in [0.15, 0.2) is 5.82 Å². The fourth-order valence-electron chi connectivity index (χ4n) is 3.12. The lowest BCUT2D eigenvalue weighted by Crippen LogP contribution is -2.34. The zero-order chi connectivity index (χ0) is 14.7. The lowest BCUT2D eigenvalue weighted by Gasteiger charge is -2.20. The molecule has 6 heteroatoms. The molecule has 1 unspecified atom stereocenters. The first-order valence-corrected chi connectivity index (χ1v) is 8.52. The number of hydrogen-bond acceptors (Lipinski definition) is 6. The highest BCUT2D eigenvalue weighted by atomic mass is 32.1. The van der Waals surface area contributed by atoms with E-state index in [2.05, 4.69) is 20.4 Å². The third kappa shape index (κ3) is 3.68. The van der Waals surface area contributed by atoms with Crippen molar-refractivity contribution in [2.24, 2.45) is 5.92 Å². The van der Waals surface area contributed by atoms with Crippen molar-refractivity contribution in [2.75, 3.05) is 7.05 Å². The Kier molecular flexibility index (Phi) is 4.65. The Hall–Kier alpha value is -1.27. The minimum Gasteiger partial charge on any atom is -0.339 e. The third-order valence-corrected chi connectivity index (χ3v) is 5.19. The van der Waals surface area contributed by atoms with E-state index in [9.17, 15) is 0 Å². The second-order valence-electron chi connectivity index (χ2n) is 5.81. The number of nitrogens with zero attached hydrogens (tertiary/aromatic N) is 3. The third-order valence-electron chi connectivity index (χ3n) is 4.22. The zero-order valence-electron chi connectivity index (χ0n) is 12.6. The second kappa shape index (κ2) is 6.66. The predicted octanol–water partition coefficient (Wildman–Crippen LogP) is 2.75. The fourth-order valence-corrected chi connectivity index (χ4v) is 3.88. The van der Waals surface area contributed by atoms with Gasteiger partial charge in [-0.2, -0.15) is 4.98 Å². The Bertz CT molecular complexity index is 574. The standard InChI is InChI=1S/C15H22N4OS/c1-10-9-21-15(17-10)8-13-18-14(20-19-13)7-12(16-2)11-5-3-4-6-11/h9,11-12,16H,3-8H2,1-2H3. The molecule has 5 nitrogen and oxygen atoms in total. The first kappa shape index (κ1) is 14.7. The smallest absolute Gasteiger partial charge is 0.228 e. The first-order chi connectivity index (χ1) is 10.2. The van der Waals surface area contributed by atoms with Crippen molar-refractivity contribution in [2.45, 2.75) is 51.5 Å².